The number of benzene rings is 1. The van der Waals surface area contributed by atoms with Crippen molar-refractivity contribution in [1.29, 1.82) is 0 Å². The predicted octanol–water partition coefficient (Wildman–Crippen LogP) is 2.97. The summed E-state index contributed by atoms with van der Waals surface area (Å²) in [6.45, 7) is 0.256. The van der Waals surface area contributed by atoms with Crippen LogP contribution in [-0.4, -0.2) is 26.6 Å². The van der Waals surface area contributed by atoms with E-state index in [0.717, 1.165) is 18.5 Å². The monoisotopic (exact) mass is 419 g/mol. The van der Waals surface area contributed by atoms with Gasteiger partial charge >= 0.3 is 6.18 Å². The van der Waals surface area contributed by atoms with E-state index in [-0.39, 0.29) is 29.3 Å². The van der Waals surface area contributed by atoms with E-state index in [2.05, 4.69) is 20.3 Å². The highest BCUT2D eigenvalue weighted by Gasteiger charge is 2.34. The molecule has 0 unspecified atom stereocenters. The Labute approximate surface area is 167 Å². The Bertz CT molecular complexity index is 1080. The number of rotatable bonds is 6. The van der Waals surface area contributed by atoms with Crippen molar-refractivity contribution in [2.24, 2.45) is 5.73 Å². The predicted molar refractivity (Wildman–Crippen MR) is 96.9 cm³/mol. The Morgan fingerprint density at radius 3 is 2.23 bits per heavy atom. The zero-order valence-corrected chi connectivity index (χ0v) is 15.1. The molecule has 0 atom stereocenters. The third-order valence-electron chi connectivity index (χ3n) is 3.98. The summed E-state index contributed by atoms with van der Waals surface area (Å²) in [5.74, 6) is -2.74. The van der Waals surface area contributed by atoms with E-state index in [1.165, 1.54) is 12.3 Å². The van der Waals surface area contributed by atoms with Crippen LogP contribution in [0.5, 0.6) is 0 Å². The highest BCUT2D eigenvalue weighted by Crippen LogP contribution is 2.32. The third kappa shape index (κ3) is 4.74. The second kappa shape index (κ2) is 8.23. The van der Waals surface area contributed by atoms with Crippen molar-refractivity contribution in [3.8, 4) is 0 Å². The molecule has 2 heterocycles. The first-order valence-electron chi connectivity index (χ1n) is 8.37. The Kier molecular flexibility index (Phi) is 5.72. The minimum absolute atomic E-state index is 0.0623. The second-order valence-electron chi connectivity index (χ2n) is 6.09. The van der Waals surface area contributed by atoms with Crippen molar-refractivity contribution in [2.75, 3.05) is 5.32 Å². The maximum absolute atomic E-state index is 13.4. The lowest BCUT2D eigenvalue weighted by molar-refractivity contribution is -0.140. The van der Waals surface area contributed by atoms with E-state index in [1.54, 1.807) is 6.07 Å². The van der Waals surface area contributed by atoms with Crippen molar-refractivity contribution in [1.82, 2.24) is 15.0 Å². The molecule has 3 N–H and O–H groups in total. The molecule has 0 aliphatic heterocycles. The van der Waals surface area contributed by atoms with Gasteiger partial charge in [-0.15, -0.1) is 0 Å². The van der Waals surface area contributed by atoms with Gasteiger partial charge in [0.2, 0.25) is 5.95 Å². The number of nitrogens with two attached hydrogens (primary N) is 1. The molecule has 0 bridgehead atoms. The highest BCUT2D eigenvalue weighted by atomic mass is 19.4. The van der Waals surface area contributed by atoms with Crippen molar-refractivity contribution in [3.63, 3.8) is 0 Å². The summed E-state index contributed by atoms with van der Waals surface area (Å²) in [7, 11) is 0. The number of ketones is 1. The first kappa shape index (κ1) is 20.8. The van der Waals surface area contributed by atoms with Crippen LogP contribution in [0.2, 0.25) is 0 Å². The fourth-order valence-corrected chi connectivity index (χ4v) is 2.44. The van der Waals surface area contributed by atoms with Gasteiger partial charge in [-0.1, -0.05) is 6.07 Å². The van der Waals surface area contributed by atoms with Gasteiger partial charge in [-0.05, 0) is 29.8 Å². The number of carbonyl (C=O) groups excluding carboxylic acids is 2. The van der Waals surface area contributed by atoms with Crippen molar-refractivity contribution < 1.29 is 27.2 Å². The Hall–Kier alpha value is -3.89. The molecule has 0 radical (unpaired) electrons. The van der Waals surface area contributed by atoms with Gasteiger partial charge in [-0.25, -0.2) is 14.4 Å². The van der Waals surface area contributed by atoms with Crippen LogP contribution in [0, 0.1) is 5.82 Å². The van der Waals surface area contributed by atoms with Crippen LogP contribution in [0.25, 0.3) is 0 Å². The van der Waals surface area contributed by atoms with Crippen LogP contribution in [0.15, 0.2) is 48.9 Å². The number of amides is 1. The number of alkyl halides is 3. The lowest BCUT2D eigenvalue weighted by Crippen LogP contribution is -2.13. The molecule has 0 aliphatic carbocycles. The minimum Gasteiger partial charge on any atom is -0.364 e. The number of nitrogens with zero attached hydrogens (tertiary/aromatic N) is 3. The first-order chi connectivity index (χ1) is 14.1. The fourth-order valence-electron chi connectivity index (χ4n) is 2.44. The van der Waals surface area contributed by atoms with Crippen LogP contribution < -0.4 is 11.1 Å². The molecule has 154 valence electrons. The zero-order chi connectivity index (χ0) is 21.9. The number of hydrogen-bond donors (Lipinski definition) is 2. The molecular weight excluding hydrogens is 406 g/mol. The molecule has 1 amide bonds. The van der Waals surface area contributed by atoms with Crippen molar-refractivity contribution >= 4 is 17.6 Å². The molecule has 0 saturated carbocycles. The molecule has 30 heavy (non-hydrogen) atoms. The fraction of sp³-hybridized carbons (Fsp3) is 0.105. The standard InChI is InChI=1S/C19H13F4N5O2/c20-14-3-2-11(5-13(14)19(21,22)23)16(29)12-8-27-18(28-9-12)26-7-10-1-4-15(17(24)30)25-6-10/h1-6,8-9H,7H2,(H2,24,30)(H,26,27,28). The quantitative estimate of drug-likeness (QED) is 0.470. The number of halogens is 4. The number of carbonyl (C=O) groups is 2. The summed E-state index contributed by atoms with van der Waals surface area (Å²) in [4.78, 5) is 35.1. The summed E-state index contributed by atoms with van der Waals surface area (Å²) in [6.07, 6.45) is -1.20. The van der Waals surface area contributed by atoms with Gasteiger partial charge in [0.1, 0.15) is 11.5 Å². The normalized spacial score (nSPS) is 11.2. The summed E-state index contributed by atoms with van der Waals surface area (Å²) in [6, 6.07) is 5.09. The summed E-state index contributed by atoms with van der Waals surface area (Å²) in [5, 5.41) is 2.86. The Morgan fingerprint density at radius 2 is 1.67 bits per heavy atom. The molecule has 7 nitrogen and oxygen atoms in total. The van der Waals surface area contributed by atoms with Gasteiger partial charge < -0.3 is 11.1 Å². The molecule has 3 aromatic rings. The number of primary amides is 1. The van der Waals surface area contributed by atoms with E-state index in [1.807, 2.05) is 0 Å². The van der Waals surface area contributed by atoms with Crippen LogP contribution in [0.3, 0.4) is 0 Å². The summed E-state index contributed by atoms with van der Waals surface area (Å²) < 4.78 is 51.8. The molecule has 0 saturated heterocycles. The SMILES string of the molecule is NC(=O)c1ccc(CNc2ncc(C(=O)c3ccc(F)c(C(F)(F)F)c3)cn2)cn1. The van der Waals surface area contributed by atoms with Crippen molar-refractivity contribution in [2.45, 2.75) is 12.7 Å². The minimum atomic E-state index is -4.92. The number of nitrogens with one attached hydrogen (secondary N) is 1. The molecule has 0 aliphatic rings. The molecular formula is C19H13F4N5O2. The average Bonchev–Trinajstić information content (AvgIpc) is 2.72. The number of aromatic nitrogens is 3. The first-order valence-corrected chi connectivity index (χ1v) is 8.37. The second-order valence-corrected chi connectivity index (χ2v) is 6.09. The molecule has 11 heteroatoms. The largest absolute Gasteiger partial charge is 0.419 e. The number of pyridine rings is 1. The topological polar surface area (TPSA) is 111 Å². The van der Waals surface area contributed by atoms with E-state index in [0.29, 0.717) is 17.7 Å². The molecule has 0 fully saturated rings. The van der Waals surface area contributed by atoms with Gasteiger partial charge in [0.25, 0.3) is 5.91 Å². The van der Waals surface area contributed by atoms with Crippen LogP contribution >= 0.6 is 0 Å². The summed E-state index contributed by atoms with van der Waals surface area (Å²) >= 11 is 0. The number of hydrogen-bond acceptors (Lipinski definition) is 6. The Balaban J connectivity index is 1.69. The lowest BCUT2D eigenvalue weighted by Gasteiger charge is -2.10. The molecule has 1 aromatic carbocycles. The van der Waals surface area contributed by atoms with E-state index >= 15 is 0 Å². The zero-order valence-electron chi connectivity index (χ0n) is 15.1. The molecule has 3 rings (SSSR count). The van der Waals surface area contributed by atoms with Gasteiger partial charge in [-0.3, -0.25) is 14.6 Å². The molecule has 2 aromatic heterocycles. The van der Waals surface area contributed by atoms with Crippen LogP contribution in [0.4, 0.5) is 23.5 Å². The average molecular weight is 419 g/mol. The van der Waals surface area contributed by atoms with Gasteiger partial charge in [0.05, 0.1) is 11.1 Å². The third-order valence-corrected chi connectivity index (χ3v) is 3.98. The highest BCUT2D eigenvalue weighted by molar-refractivity contribution is 6.08. The van der Waals surface area contributed by atoms with Gasteiger partial charge in [-0.2, -0.15) is 13.2 Å². The van der Waals surface area contributed by atoms with Crippen LogP contribution in [0.1, 0.15) is 37.5 Å². The Morgan fingerprint density at radius 1 is 0.967 bits per heavy atom. The van der Waals surface area contributed by atoms with Crippen LogP contribution in [-0.2, 0) is 12.7 Å². The van der Waals surface area contributed by atoms with E-state index < -0.39 is 29.2 Å². The van der Waals surface area contributed by atoms with E-state index in [4.69, 9.17) is 5.73 Å². The van der Waals surface area contributed by atoms with Gasteiger partial charge in [0.15, 0.2) is 5.78 Å². The molecule has 0 spiro atoms. The maximum Gasteiger partial charge on any atom is 0.419 e. The lowest BCUT2D eigenvalue weighted by atomic mass is 10.0. The smallest absolute Gasteiger partial charge is 0.364 e. The van der Waals surface area contributed by atoms with Crippen molar-refractivity contribution in [3.05, 3.63) is 82.7 Å². The van der Waals surface area contributed by atoms with E-state index in [9.17, 15) is 27.2 Å². The maximum atomic E-state index is 13.4. The summed E-state index contributed by atoms with van der Waals surface area (Å²) in [5.41, 5.74) is 4.00. The van der Waals surface area contributed by atoms with Gasteiger partial charge in [0, 0.05) is 30.7 Å². The number of anilines is 1.